The number of ether oxygens (including phenoxy) is 1. The third-order valence-corrected chi connectivity index (χ3v) is 7.15. The zero-order chi connectivity index (χ0) is 25.3. The molecule has 2 amide bonds. The maximum atomic E-state index is 13.7. The lowest BCUT2D eigenvalue weighted by atomic mass is 10.0. The SMILES string of the molecule is CCOc1ccccc1CN1CCCN(C(C)=O)c2ccccc2CN(C(=O)[C@@H]2CCCCN2)CC1. The van der Waals surface area contributed by atoms with Crippen LogP contribution in [0.15, 0.2) is 48.5 Å². The summed E-state index contributed by atoms with van der Waals surface area (Å²) >= 11 is 0. The number of carbonyl (C=O) groups excluding carboxylic acids is 2. The molecule has 194 valence electrons. The van der Waals surface area contributed by atoms with Crippen LogP contribution in [-0.4, -0.2) is 67.0 Å². The van der Waals surface area contributed by atoms with Gasteiger partial charge in [-0.1, -0.05) is 42.8 Å². The van der Waals surface area contributed by atoms with Crippen molar-refractivity contribution in [2.24, 2.45) is 0 Å². The van der Waals surface area contributed by atoms with Crippen LogP contribution in [0.3, 0.4) is 0 Å². The van der Waals surface area contributed by atoms with Gasteiger partial charge >= 0.3 is 0 Å². The van der Waals surface area contributed by atoms with E-state index in [-0.39, 0.29) is 17.9 Å². The van der Waals surface area contributed by atoms with E-state index in [1.807, 2.05) is 59.2 Å². The second kappa shape index (κ2) is 12.9. The minimum absolute atomic E-state index is 0.0294. The number of piperidine rings is 1. The first-order valence-electron chi connectivity index (χ1n) is 13.4. The Morgan fingerprint density at radius 3 is 2.56 bits per heavy atom. The van der Waals surface area contributed by atoms with Gasteiger partial charge in [-0.2, -0.15) is 0 Å². The van der Waals surface area contributed by atoms with Crippen LogP contribution >= 0.6 is 0 Å². The molecular formula is C29H40N4O3. The van der Waals surface area contributed by atoms with E-state index in [9.17, 15) is 9.59 Å². The van der Waals surface area contributed by atoms with Crippen molar-refractivity contribution >= 4 is 17.5 Å². The molecule has 7 nitrogen and oxygen atoms in total. The summed E-state index contributed by atoms with van der Waals surface area (Å²) < 4.78 is 5.88. The summed E-state index contributed by atoms with van der Waals surface area (Å²) in [5.41, 5.74) is 3.08. The number of para-hydroxylation sites is 2. The molecule has 2 aliphatic rings. The van der Waals surface area contributed by atoms with Gasteiger partial charge in [0, 0.05) is 57.4 Å². The number of nitrogens with one attached hydrogen (secondary N) is 1. The van der Waals surface area contributed by atoms with Crippen LogP contribution in [0, 0.1) is 0 Å². The Bertz CT molecular complexity index is 1020. The van der Waals surface area contributed by atoms with E-state index in [1.165, 1.54) is 0 Å². The van der Waals surface area contributed by atoms with Gasteiger partial charge < -0.3 is 19.9 Å². The first-order valence-corrected chi connectivity index (χ1v) is 13.4. The molecule has 0 aromatic heterocycles. The molecule has 1 atom stereocenters. The average molecular weight is 493 g/mol. The smallest absolute Gasteiger partial charge is 0.240 e. The molecule has 36 heavy (non-hydrogen) atoms. The van der Waals surface area contributed by atoms with E-state index < -0.39 is 0 Å². The van der Waals surface area contributed by atoms with Crippen LogP contribution < -0.4 is 15.0 Å². The molecule has 1 saturated heterocycles. The second-order valence-corrected chi connectivity index (χ2v) is 9.73. The number of benzene rings is 2. The lowest BCUT2D eigenvalue weighted by molar-refractivity contribution is -0.135. The summed E-state index contributed by atoms with van der Waals surface area (Å²) in [4.78, 5) is 32.6. The van der Waals surface area contributed by atoms with Crippen molar-refractivity contribution in [3.63, 3.8) is 0 Å². The van der Waals surface area contributed by atoms with Crippen molar-refractivity contribution in [1.29, 1.82) is 0 Å². The highest BCUT2D eigenvalue weighted by atomic mass is 16.5. The largest absolute Gasteiger partial charge is 0.494 e. The molecule has 0 unspecified atom stereocenters. The van der Waals surface area contributed by atoms with Gasteiger partial charge in [0.15, 0.2) is 0 Å². The molecule has 2 heterocycles. The average Bonchev–Trinajstić information content (AvgIpc) is 2.93. The van der Waals surface area contributed by atoms with Crippen molar-refractivity contribution in [2.75, 3.05) is 44.2 Å². The normalized spacial score (nSPS) is 19.8. The van der Waals surface area contributed by atoms with Crippen molar-refractivity contribution in [1.82, 2.24) is 15.1 Å². The fraction of sp³-hybridized carbons (Fsp3) is 0.517. The fourth-order valence-corrected chi connectivity index (χ4v) is 5.27. The van der Waals surface area contributed by atoms with Crippen LogP contribution in [0.5, 0.6) is 5.75 Å². The van der Waals surface area contributed by atoms with Gasteiger partial charge in [0.2, 0.25) is 11.8 Å². The fourth-order valence-electron chi connectivity index (χ4n) is 5.27. The van der Waals surface area contributed by atoms with Gasteiger partial charge in [-0.25, -0.2) is 0 Å². The number of hydrogen-bond acceptors (Lipinski definition) is 5. The predicted molar refractivity (Wildman–Crippen MR) is 143 cm³/mol. The van der Waals surface area contributed by atoms with Gasteiger partial charge in [0.05, 0.1) is 12.6 Å². The Morgan fingerprint density at radius 1 is 0.972 bits per heavy atom. The zero-order valence-corrected chi connectivity index (χ0v) is 21.7. The molecule has 0 saturated carbocycles. The van der Waals surface area contributed by atoms with Crippen LogP contribution in [0.2, 0.25) is 0 Å². The molecule has 4 rings (SSSR count). The number of carbonyl (C=O) groups is 2. The first-order chi connectivity index (χ1) is 17.6. The van der Waals surface area contributed by atoms with Crippen LogP contribution in [0.4, 0.5) is 5.69 Å². The molecule has 2 aromatic rings. The van der Waals surface area contributed by atoms with Crippen molar-refractivity contribution in [3.8, 4) is 5.75 Å². The summed E-state index contributed by atoms with van der Waals surface area (Å²) in [6, 6.07) is 16.1. The highest BCUT2D eigenvalue weighted by Crippen LogP contribution is 2.25. The Hall–Kier alpha value is -2.90. The highest BCUT2D eigenvalue weighted by molar-refractivity contribution is 5.92. The summed E-state index contributed by atoms with van der Waals surface area (Å²) in [6.45, 7) is 9.27. The predicted octanol–water partition coefficient (Wildman–Crippen LogP) is 3.81. The standard InChI is InChI=1S/C29H40N4O3/c1-3-36-28-15-7-5-12-25(28)21-31-17-10-18-33(23(2)34)27-14-6-4-11-24(27)22-32(20-19-31)29(35)26-13-8-9-16-30-26/h4-7,11-12,14-15,26,30H,3,8-10,13,16-22H2,1-2H3/t26-/m0/s1. The quantitative estimate of drug-likeness (QED) is 0.688. The molecule has 2 aromatic carbocycles. The Labute approximate surface area is 215 Å². The molecule has 1 N–H and O–H groups in total. The molecule has 0 bridgehead atoms. The van der Waals surface area contributed by atoms with E-state index in [1.54, 1.807) is 6.92 Å². The van der Waals surface area contributed by atoms with Crippen LogP contribution in [-0.2, 0) is 22.7 Å². The Balaban J connectivity index is 1.61. The van der Waals surface area contributed by atoms with E-state index >= 15 is 0 Å². The molecule has 0 aliphatic carbocycles. The number of hydrogen-bond donors (Lipinski definition) is 1. The molecule has 0 spiro atoms. The minimum atomic E-state index is -0.132. The lowest BCUT2D eigenvalue weighted by Crippen LogP contribution is -2.50. The van der Waals surface area contributed by atoms with E-state index in [0.29, 0.717) is 26.2 Å². The van der Waals surface area contributed by atoms with Crippen LogP contribution in [0.1, 0.15) is 50.7 Å². The minimum Gasteiger partial charge on any atom is -0.494 e. The Kier molecular flexibility index (Phi) is 9.36. The summed E-state index contributed by atoms with van der Waals surface area (Å²) in [7, 11) is 0. The van der Waals surface area contributed by atoms with Gasteiger partial charge in [-0.05, 0) is 50.4 Å². The number of nitrogens with zero attached hydrogens (tertiary/aromatic N) is 3. The van der Waals surface area contributed by atoms with E-state index in [0.717, 1.165) is 74.4 Å². The van der Waals surface area contributed by atoms with Gasteiger partial charge in [0.1, 0.15) is 5.75 Å². The van der Waals surface area contributed by atoms with Gasteiger partial charge in [-0.3, -0.25) is 14.5 Å². The third kappa shape index (κ3) is 6.65. The zero-order valence-electron chi connectivity index (χ0n) is 21.7. The number of rotatable bonds is 5. The van der Waals surface area contributed by atoms with E-state index in [4.69, 9.17) is 4.74 Å². The monoisotopic (exact) mass is 492 g/mol. The second-order valence-electron chi connectivity index (χ2n) is 9.73. The van der Waals surface area contributed by atoms with Crippen molar-refractivity contribution < 1.29 is 14.3 Å². The van der Waals surface area contributed by atoms with Crippen LogP contribution in [0.25, 0.3) is 0 Å². The maximum Gasteiger partial charge on any atom is 0.240 e. The first kappa shape index (κ1) is 26.2. The lowest BCUT2D eigenvalue weighted by Gasteiger charge is -2.32. The topological polar surface area (TPSA) is 65.1 Å². The molecule has 0 radical (unpaired) electrons. The third-order valence-electron chi connectivity index (χ3n) is 7.15. The molecule has 7 heteroatoms. The number of anilines is 1. The number of fused-ring (bicyclic) bond motifs is 1. The van der Waals surface area contributed by atoms with Crippen molar-refractivity contribution in [2.45, 2.75) is 58.7 Å². The molecule has 2 aliphatic heterocycles. The summed E-state index contributed by atoms with van der Waals surface area (Å²) in [5.74, 6) is 1.10. The Morgan fingerprint density at radius 2 is 1.78 bits per heavy atom. The van der Waals surface area contributed by atoms with Gasteiger partial charge in [0.25, 0.3) is 0 Å². The molecular weight excluding hydrogens is 452 g/mol. The number of amides is 2. The van der Waals surface area contributed by atoms with Gasteiger partial charge in [-0.15, -0.1) is 0 Å². The maximum absolute atomic E-state index is 13.7. The molecule has 1 fully saturated rings. The summed E-state index contributed by atoms with van der Waals surface area (Å²) in [5, 5.41) is 3.43. The summed E-state index contributed by atoms with van der Waals surface area (Å²) in [6.07, 6.45) is 3.92. The van der Waals surface area contributed by atoms with Crippen molar-refractivity contribution in [3.05, 3.63) is 59.7 Å². The van der Waals surface area contributed by atoms with E-state index in [2.05, 4.69) is 16.3 Å². The highest BCUT2D eigenvalue weighted by Gasteiger charge is 2.28.